The van der Waals surface area contributed by atoms with Gasteiger partial charge in [0.1, 0.15) is 17.5 Å². The number of hydrogen-bond donors (Lipinski definition) is 1. The average Bonchev–Trinajstić information content (AvgIpc) is 2.48. The molecule has 1 aromatic rings. The minimum atomic E-state index is 0.705. The number of aryl methyl sites for hydroxylation is 1. The van der Waals surface area contributed by atoms with Crippen molar-refractivity contribution < 1.29 is 4.74 Å². The maximum atomic E-state index is 5.19. The summed E-state index contributed by atoms with van der Waals surface area (Å²) in [5.41, 5.74) is 1.12. The van der Waals surface area contributed by atoms with Crippen LogP contribution in [-0.4, -0.2) is 43.3 Å². The molecule has 0 unspecified atom stereocenters. The van der Waals surface area contributed by atoms with Gasteiger partial charge in [-0.05, 0) is 20.3 Å². The maximum absolute atomic E-state index is 5.19. The first-order chi connectivity index (χ1) is 9.67. The molecular formula is C15H28N4O. The Morgan fingerprint density at radius 1 is 1.20 bits per heavy atom. The van der Waals surface area contributed by atoms with Gasteiger partial charge < -0.3 is 15.0 Å². The minimum Gasteiger partial charge on any atom is -0.383 e. The number of nitrogens with zero attached hydrogens (tertiary/aromatic N) is 3. The number of aromatic nitrogens is 2. The molecule has 0 saturated carbocycles. The van der Waals surface area contributed by atoms with Crippen LogP contribution in [0.15, 0.2) is 0 Å². The molecule has 0 fully saturated rings. The van der Waals surface area contributed by atoms with Crippen LogP contribution in [0.2, 0.25) is 0 Å². The van der Waals surface area contributed by atoms with Crippen molar-refractivity contribution in [3.05, 3.63) is 11.4 Å². The van der Waals surface area contributed by atoms with Crippen molar-refractivity contribution >= 4 is 11.6 Å². The zero-order valence-electron chi connectivity index (χ0n) is 13.5. The lowest BCUT2D eigenvalue weighted by molar-refractivity contribution is 0.205. The Labute approximate surface area is 122 Å². The first kappa shape index (κ1) is 16.7. The van der Waals surface area contributed by atoms with Gasteiger partial charge in [-0.25, -0.2) is 9.97 Å². The van der Waals surface area contributed by atoms with Crippen LogP contribution in [0, 0.1) is 6.92 Å². The molecule has 0 spiro atoms. The summed E-state index contributed by atoms with van der Waals surface area (Å²) in [7, 11) is 1.73. The standard InChI is InChI=1S/C15H28N4O/c1-6-9-16-14-12(4)15(18-13(7-2)17-14)19(8-3)10-11-20-5/h6-11H2,1-5H3,(H,16,17,18). The second-order valence-corrected chi connectivity index (χ2v) is 4.79. The summed E-state index contributed by atoms with van der Waals surface area (Å²) in [5.74, 6) is 2.87. The lowest BCUT2D eigenvalue weighted by Gasteiger charge is -2.25. The molecule has 0 aliphatic carbocycles. The van der Waals surface area contributed by atoms with Gasteiger partial charge in [0.15, 0.2) is 0 Å². The highest BCUT2D eigenvalue weighted by atomic mass is 16.5. The van der Waals surface area contributed by atoms with Crippen molar-refractivity contribution in [2.45, 2.75) is 40.5 Å². The Kier molecular flexibility index (Phi) is 7.30. The van der Waals surface area contributed by atoms with Gasteiger partial charge in [0.05, 0.1) is 6.61 Å². The minimum absolute atomic E-state index is 0.705. The normalized spacial score (nSPS) is 10.7. The highest BCUT2D eigenvalue weighted by molar-refractivity contribution is 5.58. The fourth-order valence-electron chi connectivity index (χ4n) is 2.05. The molecule has 5 nitrogen and oxygen atoms in total. The van der Waals surface area contributed by atoms with Gasteiger partial charge in [-0.2, -0.15) is 0 Å². The van der Waals surface area contributed by atoms with E-state index in [2.05, 4.69) is 42.9 Å². The predicted molar refractivity (Wildman–Crippen MR) is 84.7 cm³/mol. The highest BCUT2D eigenvalue weighted by Gasteiger charge is 2.15. The van der Waals surface area contributed by atoms with E-state index in [9.17, 15) is 0 Å². The van der Waals surface area contributed by atoms with Gasteiger partial charge in [0, 0.05) is 38.7 Å². The maximum Gasteiger partial charge on any atom is 0.137 e. The molecule has 0 aromatic carbocycles. The number of likely N-dealkylation sites (N-methyl/N-ethyl adjacent to an activating group) is 1. The monoisotopic (exact) mass is 280 g/mol. The Bertz CT molecular complexity index is 409. The molecule has 0 saturated heterocycles. The summed E-state index contributed by atoms with van der Waals surface area (Å²) in [6.45, 7) is 11.9. The molecule has 0 radical (unpaired) electrons. The number of methoxy groups -OCH3 is 1. The second kappa shape index (κ2) is 8.74. The first-order valence-electron chi connectivity index (χ1n) is 7.53. The van der Waals surface area contributed by atoms with Gasteiger partial charge in [-0.1, -0.05) is 13.8 Å². The Morgan fingerprint density at radius 3 is 2.50 bits per heavy atom. The van der Waals surface area contributed by atoms with Crippen LogP contribution >= 0.6 is 0 Å². The molecule has 1 heterocycles. The topological polar surface area (TPSA) is 50.3 Å². The first-order valence-corrected chi connectivity index (χ1v) is 7.53. The van der Waals surface area contributed by atoms with E-state index in [1.54, 1.807) is 7.11 Å². The molecule has 20 heavy (non-hydrogen) atoms. The van der Waals surface area contributed by atoms with E-state index in [0.29, 0.717) is 6.61 Å². The van der Waals surface area contributed by atoms with Crippen LogP contribution < -0.4 is 10.2 Å². The van der Waals surface area contributed by atoms with Crippen molar-refractivity contribution in [1.29, 1.82) is 0 Å². The molecule has 1 rings (SSSR count). The second-order valence-electron chi connectivity index (χ2n) is 4.79. The number of nitrogens with one attached hydrogen (secondary N) is 1. The summed E-state index contributed by atoms with van der Waals surface area (Å²) in [5, 5.41) is 3.40. The summed E-state index contributed by atoms with van der Waals surface area (Å²) in [6, 6.07) is 0. The third-order valence-electron chi connectivity index (χ3n) is 3.27. The molecule has 5 heteroatoms. The Morgan fingerprint density at radius 2 is 1.95 bits per heavy atom. The number of ether oxygens (including phenoxy) is 1. The molecule has 0 aliphatic rings. The summed E-state index contributed by atoms with van der Waals surface area (Å²) < 4.78 is 5.19. The van der Waals surface area contributed by atoms with Gasteiger partial charge in [0.25, 0.3) is 0 Å². The predicted octanol–water partition coefficient (Wildman–Crippen LogP) is 2.64. The largest absolute Gasteiger partial charge is 0.383 e. The highest BCUT2D eigenvalue weighted by Crippen LogP contribution is 2.23. The van der Waals surface area contributed by atoms with Gasteiger partial charge in [-0.15, -0.1) is 0 Å². The van der Waals surface area contributed by atoms with Crippen LogP contribution in [0.5, 0.6) is 0 Å². The zero-order valence-corrected chi connectivity index (χ0v) is 13.5. The lowest BCUT2D eigenvalue weighted by Crippen LogP contribution is -2.29. The summed E-state index contributed by atoms with van der Waals surface area (Å²) in [4.78, 5) is 11.6. The lowest BCUT2D eigenvalue weighted by atomic mass is 10.2. The Balaban J connectivity index is 3.08. The number of rotatable bonds is 9. The van der Waals surface area contributed by atoms with E-state index in [0.717, 1.165) is 55.5 Å². The van der Waals surface area contributed by atoms with E-state index in [4.69, 9.17) is 9.72 Å². The van der Waals surface area contributed by atoms with E-state index >= 15 is 0 Å². The fraction of sp³-hybridized carbons (Fsp3) is 0.733. The van der Waals surface area contributed by atoms with E-state index in [1.165, 1.54) is 0 Å². The smallest absolute Gasteiger partial charge is 0.137 e. The summed E-state index contributed by atoms with van der Waals surface area (Å²) in [6.07, 6.45) is 1.93. The molecular weight excluding hydrogens is 252 g/mol. The molecule has 0 aliphatic heterocycles. The van der Waals surface area contributed by atoms with Crippen molar-refractivity contribution in [2.75, 3.05) is 43.6 Å². The quantitative estimate of drug-likeness (QED) is 0.753. The molecule has 0 bridgehead atoms. The molecule has 1 aromatic heterocycles. The molecule has 1 N–H and O–H groups in total. The molecule has 0 amide bonds. The van der Waals surface area contributed by atoms with Crippen LogP contribution in [0.3, 0.4) is 0 Å². The Hall–Kier alpha value is -1.36. The van der Waals surface area contributed by atoms with Gasteiger partial charge >= 0.3 is 0 Å². The van der Waals surface area contributed by atoms with Crippen molar-refractivity contribution in [3.8, 4) is 0 Å². The SMILES string of the molecule is CCCNc1nc(CC)nc(N(CC)CCOC)c1C. The van der Waals surface area contributed by atoms with Gasteiger partial charge in [0.2, 0.25) is 0 Å². The number of anilines is 2. The fourth-order valence-corrected chi connectivity index (χ4v) is 2.05. The number of hydrogen-bond acceptors (Lipinski definition) is 5. The van der Waals surface area contributed by atoms with Crippen LogP contribution in [0.1, 0.15) is 38.6 Å². The van der Waals surface area contributed by atoms with Gasteiger partial charge in [-0.3, -0.25) is 0 Å². The molecule has 0 atom stereocenters. The van der Waals surface area contributed by atoms with Crippen molar-refractivity contribution in [1.82, 2.24) is 9.97 Å². The third kappa shape index (κ3) is 4.34. The summed E-state index contributed by atoms with van der Waals surface area (Å²) >= 11 is 0. The van der Waals surface area contributed by atoms with E-state index < -0.39 is 0 Å². The average molecular weight is 280 g/mol. The van der Waals surface area contributed by atoms with Crippen LogP contribution in [-0.2, 0) is 11.2 Å². The van der Waals surface area contributed by atoms with E-state index in [-0.39, 0.29) is 0 Å². The van der Waals surface area contributed by atoms with Crippen LogP contribution in [0.4, 0.5) is 11.6 Å². The molecule has 114 valence electrons. The third-order valence-corrected chi connectivity index (χ3v) is 3.27. The zero-order chi connectivity index (χ0) is 15.0. The van der Waals surface area contributed by atoms with Crippen LogP contribution in [0.25, 0.3) is 0 Å². The van der Waals surface area contributed by atoms with E-state index in [1.807, 2.05) is 0 Å². The van der Waals surface area contributed by atoms with Crippen molar-refractivity contribution in [2.24, 2.45) is 0 Å². The van der Waals surface area contributed by atoms with Crippen molar-refractivity contribution in [3.63, 3.8) is 0 Å².